The Bertz CT molecular complexity index is 597. The summed E-state index contributed by atoms with van der Waals surface area (Å²) in [6, 6.07) is 3.73. The number of aromatic nitrogens is 3. The van der Waals surface area contributed by atoms with E-state index in [1.807, 2.05) is 12.1 Å². The van der Waals surface area contributed by atoms with E-state index in [9.17, 15) is 4.79 Å². The number of carbonyl (C=O) groups is 1. The summed E-state index contributed by atoms with van der Waals surface area (Å²) >= 11 is 3.42. The quantitative estimate of drug-likeness (QED) is 0.851. The topological polar surface area (TPSA) is 79.5 Å². The van der Waals surface area contributed by atoms with Crippen molar-refractivity contribution < 1.29 is 9.90 Å². The van der Waals surface area contributed by atoms with Crippen LogP contribution in [-0.2, 0) is 11.2 Å². The zero-order valence-electron chi connectivity index (χ0n) is 10.6. The Hall–Kier alpha value is -1.63. The number of halogens is 1. The van der Waals surface area contributed by atoms with E-state index in [0.29, 0.717) is 22.4 Å². The van der Waals surface area contributed by atoms with Crippen molar-refractivity contribution in [2.45, 2.75) is 26.2 Å². The molecule has 0 aliphatic rings. The lowest BCUT2D eigenvalue weighted by atomic mass is 10.2. The summed E-state index contributed by atoms with van der Waals surface area (Å²) in [6.45, 7) is 2.94. The highest BCUT2D eigenvalue weighted by atomic mass is 79.9. The van der Waals surface area contributed by atoms with E-state index in [2.05, 4.69) is 38.3 Å². The maximum Gasteiger partial charge on any atom is 0.303 e. The van der Waals surface area contributed by atoms with E-state index >= 15 is 0 Å². The number of anilines is 1. The van der Waals surface area contributed by atoms with E-state index in [1.165, 1.54) is 0 Å². The molecule has 0 fully saturated rings. The van der Waals surface area contributed by atoms with Gasteiger partial charge in [-0.05, 0) is 34.5 Å². The average Bonchev–Trinajstić information content (AvgIpc) is 2.71. The summed E-state index contributed by atoms with van der Waals surface area (Å²) < 4.78 is 2.39. The van der Waals surface area contributed by atoms with Gasteiger partial charge < -0.3 is 10.4 Å². The molecule has 7 heteroatoms. The van der Waals surface area contributed by atoms with Gasteiger partial charge in [-0.25, -0.2) is 9.50 Å². The van der Waals surface area contributed by atoms with Gasteiger partial charge in [-0.15, -0.1) is 5.10 Å². The normalized spacial score (nSPS) is 10.8. The van der Waals surface area contributed by atoms with E-state index in [4.69, 9.17) is 5.11 Å². The van der Waals surface area contributed by atoms with Gasteiger partial charge in [0.15, 0.2) is 5.65 Å². The number of imidazole rings is 1. The highest BCUT2D eigenvalue weighted by Gasteiger charge is 2.12. The van der Waals surface area contributed by atoms with Crippen LogP contribution in [0.25, 0.3) is 5.65 Å². The first-order valence-corrected chi connectivity index (χ1v) is 6.91. The van der Waals surface area contributed by atoms with Crippen molar-refractivity contribution in [3.05, 3.63) is 22.4 Å². The average molecular weight is 327 g/mol. The summed E-state index contributed by atoms with van der Waals surface area (Å²) in [7, 11) is 0. The largest absolute Gasteiger partial charge is 0.481 e. The predicted molar refractivity (Wildman–Crippen MR) is 75.4 cm³/mol. The van der Waals surface area contributed by atoms with Crippen molar-refractivity contribution >= 4 is 33.4 Å². The third-order valence-electron chi connectivity index (χ3n) is 2.62. The first kappa shape index (κ1) is 13.8. The minimum absolute atomic E-state index is 0.0590. The molecule has 0 aliphatic carbocycles. The highest BCUT2D eigenvalue weighted by Crippen LogP contribution is 2.20. The molecule has 2 heterocycles. The first-order chi connectivity index (χ1) is 9.11. The van der Waals surface area contributed by atoms with Crippen LogP contribution in [0.15, 0.2) is 16.7 Å². The predicted octanol–water partition coefficient (Wildman–Crippen LogP) is 2.33. The van der Waals surface area contributed by atoms with Crippen LogP contribution in [0.5, 0.6) is 0 Å². The lowest BCUT2D eigenvalue weighted by molar-refractivity contribution is -0.136. The zero-order chi connectivity index (χ0) is 13.8. The van der Waals surface area contributed by atoms with Gasteiger partial charge >= 0.3 is 5.97 Å². The third-order valence-corrected chi connectivity index (χ3v) is 3.41. The number of aryl methyl sites for hydroxylation is 1. The fourth-order valence-electron chi connectivity index (χ4n) is 1.68. The Labute approximate surface area is 119 Å². The summed E-state index contributed by atoms with van der Waals surface area (Å²) in [5, 5.41) is 16.3. The van der Waals surface area contributed by atoms with Crippen molar-refractivity contribution in [3.63, 3.8) is 0 Å². The van der Waals surface area contributed by atoms with Crippen molar-refractivity contribution in [2.75, 3.05) is 11.9 Å². The molecule has 2 aromatic rings. The minimum Gasteiger partial charge on any atom is -0.481 e. The number of carboxylic acids is 1. The van der Waals surface area contributed by atoms with Gasteiger partial charge in [0.1, 0.15) is 10.4 Å². The van der Waals surface area contributed by atoms with Crippen LogP contribution >= 0.6 is 15.9 Å². The van der Waals surface area contributed by atoms with Gasteiger partial charge in [0.25, 0.3) is 0 Å². The molecule has 0 saturated carbocycles. The molecule has 2 N–H and O–H groups in total. The molecule has 2 aromatic heterocycles. The van der Waals surface area contributed by atoms with Crippen LogP contribution in [0.2, 0.25) is 0 Å². The maximum atomic E-state index is 10.6. The number of hydrogen-bond donors (Lipinski definition) is 2. The van der Waals surface area contributed by atoms with Crippen LogP contribution < -0.4 is 5.32 Å². The highest BCUT2D eigenvalue weighted by molar-refractivity contribution is 9.10. The molecule has 0 unspecified atom stereocenters. The second kappa shape index (κ2) is 6.01. The van der Waals surface area contributed by atoms with Crippen molar-refractivity contribution in [3.8, 4) is 0 Å². The summed E-state index contributed by atoms with van der Waals surface area (Å²) in [5.74, 6) is -0.0561. The van der Waals surface area contributed by atoms with Gasteiger partial charge in [-0.3, -0.25) is 4.79 Å². The number of nitrogens with zero attached hydrogens (tertiary/aromatic N) is 3. The molecule has 6 nitrogen and oxygen atoms in total. The van der Waals surface area contributed by atoms with Crippen molar-refractivity contribution in [1.29, 1.82) is 0 Å². The summed E-state index contributed by atoms with van der Waals surface area (Å²) in [6.07, 6.45) is 1.47. The third kappa shape index (κ3) is 3.23. The van der Waals surface area contributed by atoms with E-state index in [-0.39, 0.29) is 6.42 Å². The molecule has 0 atom stereocenters. The molecule has 2 rings (SSSR count). The molecular weight excluding hydrogens is 312 g/mol. The van der Waals surface area contributed by atoms with Crippen LogP contribution in [-0.4, -0.2) is 32.2 Å². The SMILES string of the molecule is CCCNc1ccc2nc(CCC(=O)O)c(Br)n2n1. The number of rotatable bonds is 6. The maximum absolute atomic E-state index is 10.6. The van der Waals surface area contributed by atoms with Crippen LogP contribution in [0, 0.1) is 0 Å². The van der Waals surface area contributed by atoms with Crippen LogP contribution in [0.3, 0.4) is 0 Å². The Morgan fingerprint density at radius 1 is 1.53 bits per heavy atom. The molecule has 0 spiro atoms. The Morgan fingerprint density at radius 3 is 3.00 bits per heavy atom. The van der Waals surface area contributed by atoms with Crippen LogP contribution in [0.4, 0.5) is 5.82 Å². The number of hydrogen-bond acceptors (Lipinski definition) is 4. The standard InChI is InChI=1S/C12H15BrN4O2/c1-2-7-14-9-4-5-10-15-8(3-6-11(18)19)12(13)17(10)16-9/h4-5H,2-3,6-7H2,1H3,(H,14,16)(H,18,19). The van der Waals surface area contributed by atoms with Gasteiger partial charge in [0, 0.05) is 13.0 Å². The molecule has 0 radical (unpaired) electrons. The number of nitrogens with one attached hydrogen (secondary N) is 1. The van der Waals surface area contributed by atoms with Crippen molar-refractivity contribution in [1.82, 2.24) is 14.6 Å². The monoisotopic (exact) mass is 326 g/mol. The Morgan fingerprint density at radius 2 is 2.32 bits per heavy atom. The zero-order valence-corrected chi connectivity index (χ0v) is 12.1. The molecule has 0 bridgehead atoms. The Kier molecular flexibility index (Phi) is 4.36. The van der Waals surface area contributed by atoms with Gasteiger partial charge in [-0.1, -0.05) is 6.92 Å². The molecule has 0 saturated heterocycles. The van der Waals surface area contributed by atoms with Gasteiger partial charge in [0.2, 0.25) is 0 Å². The molecular formula is C12H15BrN4O2. The van der Waals surface area contributed by atoms with Gasteiger partial charge in [0.05, 0.1) is 12.1 Å². The fourth-order valence-corrected chi connectivity index (χ4v) is 2.23. The van der Waals surface area contributed by atoms with Gasteiger partial charge in [-0.2, -0.15) is 0 Å². The number of carboxylic acid groups (broad SMARTS) is 1. The molecule has 0 aliphatic heterocycles. The number of fused-ring (bicyclic) bond motifs is 1. The lowest BCUT2D eigenvalue weighted by Gasteiger charge is -2.03. The summed E-state index contributed by atoms with van der Waals surface area (Å²) in [5.41, 5.74) is 1.41. The van der Waals surface area contributed by atoms with E-state index < -0.39 is 5.97 Å². The van der Waals surface area contributed by atoms with Crippen LogP contribution in [0.1, 0.15) is 25.5 Å². The number of aliphatic carboxylic acids is 1. The molecule has 102 valence electrons. The summed E-state index contributed by atoms with van der Waals surface area (Å²) in [4.78, 5) is 15.0. The minimum atomic E-state index is -0.831. The molecule has 0 amide bonds. The second-order valence-electron chi connectivity index (χ2n) is 4.16. The van der Waals surface area contributed by atoms with E-state index in [1.54, 1.807) is 4.52 Å². The first-order valence-electron chi connectivity index (χ1n) is 6.11. The Balaban J connectivity index is 2.26. The van der Waals surface area contributed by atoms with E-state index in [0.717, 1.165) is 18.8 Å². The molecule has 0 aromatic carbocycles. The molecule has 19 heavy (non-hydrogen) atoms. The smallest absolute Gasteiger partial charge is 0.303 e. The second-order valence-corrected chi connectivity index (χ2v) is 4.91. The van der Waals surface area contributed by atoms with Crippen molar-refractivity contribution in [2.24, 2.45) is 0 Å². The fraction of sp³-hybridized carbons (Fsp3) is 0.417. The lowest BCUT2D eigenvalue weighted by Crippen LogP contribution is -2.04.